The Bertz CT molecular complexity index is 436. The molecular weight excluding hydrogens is 266 g/mol. The van der Waals surface area contributed by atoms with E-state index in [1.807, 2.05) is 20.8 Å². The quantitative estimate of drug-likeness (QED) is 0.819. The molecule has 110 valence electrons. The molecule has 0 atom stereocenters. The van der Waals surface area contributed by atoms with Crippen LogP contribution in [0.2, 0.25) is 0 Å². The van der Waals surface area contributed by atoms with Crippen LogP contribution in [-0.2, 0) is 10.0 Å². The van der Waals surface area contributed by atoms with Crippen molar-refractivity contribution in [2.45, 2.75) is 25.7 Å². The van der Waals surface area contributed by atoms with Crippen LogP contribution in [0.4, 0.5) is 0 Å². The van der Waals surface area contributed by atoms with Gasteiger partial charge in [-0.15, -0.1) is 0 Å². The van der Waals surface area contributed by atoms with Crippen molar-refractivity contribution in [2.75, 3.05) is 26.3 Å². The Morgan fingerprint density at radius 2 is 1.42 bits per heavy atom. The van der Waals surface area contributed by atoms with Gasteiger partial charge in [0.15, 0.2) is 0 Å². The van der Waals surface area contributed by atoms with Crippen LogP contribution in [0.25, 0.3) is 0 Å². The van der Waals surface area contributed by atoms with Crippen LogP contribution in [0, 0.1) is 6.92 Å². The maximum atomic E-state index is 12.1. The second-order valence-electron chi connectivity index (χ2n) is 3.66. The molecule has 2 N–H and O–H groups in total. The zero-order valence-electron chi connectivity index (χ0n) is 11.7. The average molecular weight is 289 g/mol. The molecule has 5 nitrogen and oxygen atoms in total. The van der Waals surface area contributed by atoms with Crippen molar-refractivity contribution in [3.8, 4) is 0 Å². The van der Waals surface area contributed by atoms with Gasteiger partial charge in [0.1, 0.15) is 0 Å². The molecule has 0 saturated carbocycles. The van der Waals surface area contributed by atoms with Gasteiger partial charge in [0.2, 0.25) is 10.0 Å². The van der Waals surface area contributed by atoms with E-state index < -0.39 is 10.0 Å². The van der Waals surface area contributed by atoms with Gasteiger partial charge >= 0.3 is 0 Å². The van der Waals surface area contributed by atoms with Crippen molar-refractivity contribution >= 4 is 10.0 Å². The molecule has 19 heavy (non-hydrogen) atoms. The largest absolute Gasteiger partial charge is 0.395 e. The van der Waals surface area contributed by atoms with Gasteiger partial charge in [0.25, 0.3) is 0 Å². The molecule has 0 aliphatic heterocycles. The van der Waals surface area contributed by atoms with Crippen LogP contribution >= 0.6 is 0 Å². The van der Waals surface area contributed by atoms with Gasteiger partial charge in [-0.2, -0.15) is 4.31 Å². The summed E-state index contributed by atoms with van der Waals surface area (Å²) < 4.78 is 25.3. The lowest BCUT2D eigenvalue weighted by atomic mass is 10.2. The van der Waals surface area contributed by atoms with Crippen LogP contribution in [0.15, 0.2) is 29.2 Å². The lowest BCUT2D eigenvalue weighted by Crippen LogP contribution is -2.35. The third-order valence-electron chi connectivity index (χ3n) is 2.36. The van der Waals surface area contributed by atoms with Gasteiger partial charge in [0.05, 0.1) is 18.1 Å². The van der Waals surface area contributed by atoms with Crippen LogP contribution in [-0.4, -0.2) is 49.2 Å². The minimum atomic E-state index is -3.63. The van der Waals surface area contributed by atoms with E-state index in [1.165, 1.54) is 12.1 Å². The monoisotopic (exact) mass is 289 g/mol. The van der Waals surface area contributed by atoms with Gasteiger partial charge in [-0.1, -0.05) is 31.5 Å². The zero-order valence-corrected chi connectivity index (χ0v) is 12.5. The van der Waals surface area contributed by atoms with Crippen molar-refractivity contribution in [1.82, 2.24) is 4.31 Å². The van der Waals surface area contributed by atoms with E-state index in [2.05, 4.69) is 0 Å². The van der Waals surface area contributed by atoms with E-state index in [0.29, 0.717) is 0 Å². The third-order valence-corrected chi connectivity index (χ3v) is 4.27. The highest BCUT2D eigenvalue weighted by Crippen LogP contribution is 2.15. The summed E-state index contributed by atoms with van der Waals surface area (Å²) in [6.45, 7) is 5.29. The molecule has 0 radical (unpaired) electrons. The van der Waals surface area contributed by atoms with Crippen molar-refractivity contribution in [3.63, 3.8) is 0 Å². The molecule has 6 heteroatoms. The molecular formula is C13H23NO4S. The first-order chi connectivity index (χ1) is 9.02. The standard InChI is InChI=1S/C11H17NO4S.C2H6/c1-10-2-4-11(5-3-10)17(15,16)12(6-8-13)7-9-14;1-2/h2-5,13-14H,6-9H2,1H3;1-2H3. The Morgan fingerprint density at radius 1 is 1.00 bits per heavy atom. The summed E-state index contributed by atoms with van der Waals surface area (Å²) in [6.07, 6.45) is 0. The number of aryl methyl sites for hydroxylation is 1. The number of nitrogens with zero attached hydrogens (tertiary/aromatic N) is 1. The predicted molar refractivity (Wildman–Crippen MR) is 75.5 cm³/mol. The molecule has 0 aliphatic rings. The van der Waals surface area contributed by atoms with Gasteiger partial charge in [-0.3, -0.25) is 0 Å². The van der Waals surface area contributed by atoms with Crippen molar-refractivity contribution in [2.24, 2.45) is 0 Å². The lowest BCUT2D eigenvalue weighted by Gasteiger charge is -2.20. The molecule has 0 spiro atoms. The van der Waals surface area contributed by atoms with Crippen molar-refractivity contribution < 1.29 is 18.6 Å². The molecule has 0 aliphatic carbocycles. The summed E-state index contributed by atoms with van der Waals surface area (Å²) >= 11 is 0. The summed E-state index contributed by atoms with van der Waals surface area (Å²) in [5.74, 6) is 0. The van der Waals surface area contributed by atoms with E-state index in [1.54, 1.807) is 12.1 Å². The van der Waals surface area contributed by atoms with Crippen LogP contribution in [0.1, 0.15) is 19.4 Å². The first-order valence-electron chi connectivity index (χ1n) is 6.31. The Morgan fingerprint density at radius 3 is 1.79 bits per heavy atom. The summed E-state index contributed by atoms with van der Waals surface area (Å²) in [6, 6.07) is 6.46. The first kappa shape index (κ1) is 18.0. The average Bonchev–Trinajstić information content (AvgIpc) is 2.41. The molecule has 0 saturated heterocycles. The minimum Gasteiger partial charge on any atom is -0.395 e. The van der Waals surface area contributed by atoms with Crippen LogP contribution in [0.5, 0.6) is 0 Å². The fraction of sp³-hybridized carbons (Fsp3) is 0.538. The number of aliphatic hydroxyl groups is 2. The Kier molecular flexibility index (Phi) is 8.58. The number of hydrogen-bond donors (Lipinski definition) is 2. The van der Waals surface area contributed by atoms with E-state index in [9.17, 15) is 8.42 Å². The maximum Gasteiger partial charge on any atom is 0.243 e. The van der Waals surface area contributed by atoms with E-state index in [4.69, 9.17) is 10.2 Å². The highest BCUT2D eigenvalue weighted by molar-refractivity contribution is 7.89. The molecule has 0 fully saturated rings. The van der Waals surface area contributed by atoms with Gasteiger partial charge in [-0.25, -0.2) is 8.42 Å². The summed E-state index contributed by atoms with van der Waals surface area (Å²) in [7, 11) is -3.63. The number of hydrogen-bond acceptors (Lipinski definition) is 4. The Hall–Kier alpha value is -0.950. The Balaban J connectivity index is 0.00000154. The topological polar surface area (TPSA) is 77.8 Å². The smallest absolute Gasteiger partial charge is 0.243 e. The molecule has 0 amide bonds. The van der Waals surface area contributed by atoms with E-state index in [0.717, 1.165) is 9.87 Å². The summed E-state index contributed by atoms with van der Waals surface area (Å²) in [5.41, 5.74) is 0.972. The summed E-state index contributed by atoms with van der Waals surface area (Å²) in [4.78, 5) is 0.171. The molecule has 0 unspecified atom stereocenters. The normalized spacial score (nSPS) is 11.1. The van der Waals surface area contributed by atoms with Crippen molar-refractivity contribution in [3.05, 3.63) is 29.8 Å². The number of benzene rings is 1. The Labute approximate surface area is 115 Å². The SMILES string of the molecule is CC.Cc1ccc(S(=O)(=O)N(CCO)CCO)cc1. The molecule has 1 aromatic carbocycles. The van der Waals surface area contributed by atoms with Gasteiger partial charge < -0.3 is 10.2 Å². The van der Waals surface area contributed by atoms with Crippen LogP contribution < -0.4 is 0 Å². The van der Waals surface area contributed by atoms with Crippen LogP contribution in [0.3, 0.4) is 0 Å². The number of aliphatic hydroxyl groups excluding tert-OH is 2. The fourth-order valence-corrected chi connectivity index (χ4v) is 2.86. The minimum absolute atomic E-state index is 0.0171. The first-order valence-corrected chi connectivity index (χ1v) is 7.75. The number of rotatable bonds is 6. The van der Waals surface area contributed by atoms with E-state index >= 15 is 0 Å². The predicted octanol–water partition coefficient (Wildman–Crippen LogP) is 0.997. The maximum absolute atomic E-state index is 12.1. The second-order valence-corrected chi connectivity index (χ2v) is 5.60. The van der Waals surface area contributed by atoms with Gasteiger partial charge in [0, 0.05) is 13.1 Å². The zero-order chi connectivity index (χ0) is 14.9. The molecule has 1 aromatic rings. The molecule has 1 rings (SSSR count). The highest BCUT2D eigenvalue weighted by Gasteiger charge is 2.23. The number of sulfonamides is 1. The lowest BCUT2D eigenvalue weighted by molar-refractivity contribution is 0.217. The molecule has 0 bridgehead atoms. The van der Waals surface area contributed by atoms with Gasteiger partial charge in [-0.05, 0) is 19.1 Å². The third kappa shape index (κ3) is 5.28. The summed E-state index contributed by atoms with van der Waals surface area (Å²) in [5, 5.41) is 17.7. The second kappa shape index (κ2) is 9.03. The fourth-order valence-electron chi connectivity index (χ4n) is 1.43. The molecule has 0 aromatic heterocycles. The molecule has 0 heterocycles. The highest BCUT2D eigenvalue weighted by atomic mass is 32.2. The van der Waals surface area contributed by atoms with Crippen molar-refractivity contribution in [1.29, 1.82) is 0 Å². The van der Waals surface area contributed by atoms with E-state index in [-0.39, 0.29) is 31.2 Å².